The Balaban J connectivity index is 1.34. The van der Waals surface area contributed by atoms with E-state index in [1.807, 2.05) is 12.1 Å². The van der Waals surface area contributed by atoms with Crippen molar-refractivity contribution in [2.75, 3.05) is 31.5 Å². The molecule has 3 saturated heterocycles. The predicted octanol–water partition coefficient (Wildman–Crippen LogP) is 1.97. The van der Waals surface area contributed by atoms with Crippen molar-refractivity contribution in [3.63, 3.8) is 0 Å². The Hall–Kier alpha value is -1.99. The van der Waals surface area contributed by atoms with Crippen LogP contribution in [0.25, 0.3) is 0 Å². The molecule has 2 amide bonds. The molecule has 0 aromatic heterocycles. The van der Waals surface area contributed by atoms with E-state index < -0.39 is 6.04 Å². The van der Waals surface area contributed by atoms with E-state index in [1.54, 1.807) is 0 Å². The van der Waals surface area contributed by atoms with Crippen molar-refractivity contribution in [3.8, 4) is 0 Å². The van der Waals surface area contributed by atoms with Crippen LogP contribution < -0.4 is 16.0 Å². The summed E-state index contributed by atoms with van der Waals surface area (Å²) in [6, 6.07) is 5.37. The molecule has 6 nitrogen and oxygen atoms in total. The number of nitrogens with zero attached hydrogens (tertiary/aromatic N) is 1. The van der Waals surface area contributed by atoms with Crippen molar-refractivity contribution in [1.82, 2.24) is 15.5 Å². The second-order valence-electron chi connectivity index (χ2n) is 8.18. The van der Waals surface area contributed by atoms with Crippen LogP contribution in [0.2, 0.25) is 0 Å². The van der Waals surface area contributed by atoms with E-state index in [9.17, 15) is 14.0 Å². The van der Waals surface area contributed by atoms with Crippen molar-refractivity contribution < 1.29 is 14.0 Å². The van der Waals surface area contributed by atoms with Gasteiger partial charge in [0.1, 0.15) is 11.9 Å². The molecule has 0 bridgehead atoms. The number of likely N-dealkylation sites (tertiary alicyclic amines) is 1. The van der Waals surface area contributed by atoms with Crippen LogP contribution >= 0.6 is 0 Å². The number of hydrogen-bond donors (Lipinski definition) is 3. The van der Waals surface area contributed by atoms with Gasteiger partial charge in [-0.05, 0) is 81.9 Å². The molecule has 7 heteroatoms. The molecule has 4 rings (SSSR count). The molecular formula is C21H29FN4O2. The average Bonchev–Trinajstić information content (AvgIpc) is 2.71. The number of anilines is 1. The molecule has 3 aliphatic heterocycles. The molecule has 152 valence electrons. The van der Waals surface area contributed by atoms with E-state index in [4.69, 9.17) is 0 Å². The first kappa shape index (κ1) is 19.3. The maximum absolute atomic E-state index is 14.8. The van der Waals surface area contributed by atoms with E-state index >= 15 is 0 Å². The molecule has 3 aliphatic rings. The summed E-state index contributed by atoms with van der Waals surface area (Å²) in [5.41, 5.74) is 1.36. The van der Waals surface area contributed by atoms with Gasteiger partial charge in [-0.15, -0.1) is 0 Å². The van der Waals surface area contributed by atoms with E-state index in [-0.39, 0.29) is 23.5 Å². The molecule has 3 fully saturated rings. The molecule has 1 atom stereocenters. The fourth-order valence-corrected chi connectivity index (χ4v) is 4.73. The standard InChI is InChI=1S/C21H29FN4O2/c22-18-13-15(24-19-3-4-20(27)25-21(19)28)1-2-17(18)14-7-11-26(12-8-14)16-5-9-23-10-6-16/h1-2,13-14,16,19,23-24H,3-12H2,(H,25,27,28). The Bertz CT molecular complexity index is 727. The Morgan fingerprint density at radius 1 is 1.04 bits per heavy atom. The van der Waals surface area contributed by atoms with Crippen LogP contribution in [0.15, 0.2) is 18.2 Å². The molecule has 0 spiro atoms. The summed E-state index contributed by atoms with van der Waals surface area (Å²) < 4.78 is 14.8. The molecule has 1 unspecified atom stereocenters. The summed E-state index contributed by atoms with van der Waals surface area (Å²) in [6.45, 7) is 4.26. The van der Waals surface area contributed by atoms with Gasteiger partial charge in [0.05, 0.1) is 0 Å². The van der Waals surface area contributed by atoms with E-state index in [1.165, 1.54) is 18.9 Å². The molecule has 0 aliphatic carbocycles. The normalized spacial score (nSPS) is 25.5. The number of hydrogen-bond acceptors (Lipinski definition) is 5. The zero-order chi connectivity index (χ0) is 19.5. The van der Waals surface area contributed by atoms with Crippen LogP contribution in [0, 0.1) is 5.82 Å². The quantitative estimate of drug-likeness (QED) is 0.688. The molecular weight excluding hydrogens is 359 g/mol. The number of benzene rings is 1. The van der Waals surface area contributed by atoms with Gasteiger partial charge in [0.2, 0.25) is 11.8 Å². The number of piperidine rings is 3. The molecule has 3 heterocycles. The predicted molar refractivity (Wildman–Crippen MR) is 106 cm³/mol. The van der Waals surface area contributed by atoms with Gasteiger partial charge >= 0.3 is 0 Å². The highest BCUT2D eigenvalue weighted by Gasteiger charge is 2.29. The minimum atomic E-state index is -0.490. The van der Waals surface area contributed by atoms with Gasteiger partial charge in [-0.25, -0.2) is 4.39 Å². The van der Waals surface area contributed by atoms with Crippen LogP contribution in [0.3, 0.4) is 0 Å². The topological polar surface area (TPSA) is 73.5 Å². The lowest BCUT2D eigenvalue weighted by Gasteiger charge is -2.39. The van der Waals surface area contributed by atoms with Crippen molar-refractivity contribution in [1.29, 1.82) is 0 Å². The number of amides is 2. The fraction of sp³-hybridized carbons (Fsp3) is 0.619. The third-order valence-electron chi connectivity index (χ3n) is 6.37. The first-order valence-corrected chi connectivity index (χ1v) is 10.4. The number of nitrogens with one attached hydrogen (secondary N) is 3. The highest BCUT2D eigenvalue weighted by molar-refractivity contribution is 6.01. The summed E-state index contributed by atoms with van der Waals surface area (Å²) >= 11 is 0. The lowest BCUT2D eigenvalue weighted by molar-refractivity contribution is -0.133. The third-order valence-corrected chi connectivity index (χ3v) is 6.37. The van der Waals surface area contributed by atoms with Gasteiger partial charge in [0.15, 0.2) is 0 Å². The maximum atomic E-state index is 14.8. The Morgan fingerprint density at radius 2 is 1.79 bits per heavy atom. The highest BCUT2D eigenvalue weighted by atomic mass is 19.1. The molecule has 28 heavy (non-hydrogen) atoms. The Kier molecular flexibility index (Phi) is 5.92. The molecule has 3 N–H and O–H groups in total. The first-order chi connectivity index (χ1) is 13.6. The van der Waals surface area contributed by atoms with Crippen molar-refractivity contribution in [2.24, 2.45) is 0 Å². The van der Waals surface area contributed by atoms with Gasteiger partial charge in [0, 0.05) is 18.2 Å². The summed E-state index contributed by atoms with van der Waals surface area (Å²) in [6.07, 6.45) is 5.13. The monoisotopic (exact) mass is 388 g/mol. The maximum Gasteiger partial charge on any atom is 0.249 e. The lowest BCUT2D eigenvalue weighted by atomic mass is 9.87. The van der Waals surface area contributed by atoms with Gasteiger partial charge in [-0.1, -0.05) is 6.07 Å². The van der Waals surface area contributed by atoms with Crippen LogP contribution in [-0.4, -0.2) is 55.0 Å². The zero-order valence-corrected chi connectivity index (χ0v) is 16.2. The second-order valence-corrected chi connectivity index (χ2v) is 8.18. The van der Waals surface area contributed by atoms with E-state index in [0.29, 0.717) is 24.6 Å². The lowest BCUT2D eigenvalue weighted by Crippen LogP contribution is -2.47. The second kappa shape index (κ2) is 8.57. The highest BCUT2D eigenvalue weighted by Crippen LogP contribution is 2.32. The summed E-state index contributed by atoms with van der Waals surface area (Å²) in [7, 11) is 0. The van der Waals surface area contributed by atoms with Crippen molar-refractivity contribution >= 4 is 17.5 Å². The van der Waals surface area contributed by atoms with Gasteiger partial charge in [-0.2, -0.15) is 0 Å². The number of rotatable bonds is 4. The van der Waals surface area contributed by atoms with Crippen LogP contribution in [0.5, 0.6) is 0 Å². The number of imide groups is 1. The van der Waals surface area contributed by atoms with Crippen molar-refractivity contribution in [3.05, 3.63) is 29.6 Å². The number of halogens is 1. The minimum absolute atomic E-state index is 0.211. The Labute approximate surface area is 165 Å². The SMILES string of the molecule is O=C1CCC(Nc2ccc(C3CCN(C4CCNCC4)CC3)c(F)c2)C(=O)N1. The van der Waals surface area contributed by atoms with E-state index in [2.05, 4.69) is 20.9 Å². The number of carbonyl (C=O) groups excluding carboxylic acids is 2. The molecule has 0 saturated carbocycles. The smallest absolute Gasteiger partial charge is 0.249 e. The van der Waals surface area contributed by atoms with Crippen LogP contribution in [-0.2, 0) is 9.59 Å². The average molecular weight is 388 g/mol. The zero-order valence-electron chi connectivity index (χ0n) is 16.2. The van der Waals surface area contributed by atoms with Gasteiger partial charge in [0.25, 0.3) is 0 Å². The number of carbonyl (C=O) groups is 2. The summed E-state index contributed by atoms with van der Waals surface area (Å²) in [4.78, 5) is 25.7. The molecule has 0 radical (unpaired) electrons. The molecule has 1 aromatic rings. The van der Waals surface area contributed by atoms with Gasteiger partial charge in [-0.3, -0.25) is 14.9 Å². The van der Waals surface area contributed by atoms with Crippen LogP contribution in [0.4, 0.5) is 10.1 Å². The first-order valence-electron chi connectivity index (χ1n) is 10.4. The van der Waals surface area contributed by atoms with E-state index in [0.717, 1.165) is 44.6 Å². The summed E-state index contributed by atoms with van der Waals surface area (Å²) in [5.74, 6) is -0.549. The fourth-order valence-electron chi connectivity index (χ4n) is 4.73. The largest absolute Gasteiger partial charge is 0.374 e. The molecule has 1 aromatic carbocycles. The van der Waals surface area contributed by atoms with Crippen LogP contribution in [0.1, 0.15) is 50.0 Å². The summed E-state index contributed by atoms with van der Waals surface area (Å²) in [5, 5.41) is 8.78. The minimum Gasteiger partial charge on any atom is -0.374 e. The third kappa shape index (κ3) is 4.36. The van der Waals surface area contributed by atoms with Gasteiger partial charge < -0.3 is 15.5 Å². The van der Waals surface area contributed by atoms with Crippen molar-refractivity contribution in [2.45, 2.75) is 56.5 Å². The Morgan fingerprint density at radius 3 is 2.46 bits per heavy atom.